The second kappa shape index (κ2) is 5.24. The summed E-state index contributed by atoms with van der Waals surface area (Å²) in [7, 11) is 1.31. The van der Waals surface area contributed by atoms with Gasteiger partial charge in [0.05, 0.1) is 25.5 Å². The van der Waals surface area contributed by atoms with Gasteiger partial charge in [-0.25, -0.2) is 4.79 Å². The van der Waals surface area contributed by atoms with Gasteiger partial charge >= 0.3 is 5.97 Å². The van der Waals surface area contributed by atoms with Crippen LogP contribution >= 0.6 is 0 Å². The lowest BCUT2D eigenvalue weighted by Gasteiger charge is -2.25. The van der Waals surface area contributed by atoms with Gasteiger partial charge in [0.25, 0.3) is 0 Å². The summed E-state index contributed by atoms with van der Waals surface area (Å²) in [6.07, 6.45) is 9.69. The summed E-state index contributed by atoms with van der Waals surface area (Å²) in [6.45, 7) is 1.89. The normalized spacial score (nSPS) is 13.6. The van der Waals surface area contributed by atoms with Crippen molar-refractivity contribution in [1.29, 1.82) is 0 Å². The predicted molar refractivity (Wildman–Crippen MR) is 58.2 cm³/mol. The lowest BCUT2D eigenvalue weighted by Crippen LogP contribution is -2.48. The number of terminal acetylenes is 1. The number of hydrogen-bond donors (Lipinski definition) is 1. The highest BCUT2D eigenvalue weighted by Gasteiger charge is 2.37. The maximum Gasteiger partial charge on any atom is 0.332 e. The number of nitrogens with zero attached hydrogens (tertiary/aromatic N) is 2. The summed E-state index contributed by atoms with van der Waals surface area (Å²) >= 11 is 0. The molecule has 0 aliphatic heterocycles. The third-order valence-electron chi connectivity index (χ3n) is 2.21. The number of carbonyl (C=O) groups is 1. The summed E-state index contributed by atoms with van der Waals surface area (Å²) < 4.78 is 4.73. The van der Waals surface area contributed by atoms with Crippen molar-refractivity contribution in [3.63, 3.8) is 0 Å². The van der Waals surface area contributed by atoms with E-state index in [0.29, 0.717) is 5.69 Å². The fraction of sp³-hybridized carbons (Fsp3) is 0.364. The first-order valence-corrected chi connectivity index (χ1v) is 4.68. The number of hydrogen-bond acceptors (Lipinski definition) is 5. The van der Waals surface area contributed by atoms with Crippen LogP contribution in [0.25, 0.3) is 0 Å². The minimum absolute atomic E-state index is 0.238. The summed E-state index contributed by atoms with van der Waals surface area (Å²) in [5.74, 6) is 1.95. The zero-order chi connectivity index (χ0) is 12.0. The molecule has 1 aromatic rings. The van der Waals surface area contributed by atoms with Gasteiger partial charge in [0.15, 0.2) is 5.54 Å². The van der Waals surface area contributed by atoms with E-state index in [0.717, 1.165) is 0 Å². The third-order valence-corrected chi connectivity index (χ3v) is 2.21. The Morgan fingerprint density at radius 1 is 1.69 bits per heavy atom. The zero-order valence-electron chi connectivity index (χ0n) is 9.23. The Morgan fingerprint density at radius 3 is 2.94 bits per heavy atom. The molecule has 0 radical (unpaired) electrons. The minimum Gasteiger partial charge on any atom is -0.467 e. The molecule has 0 aliphatic rings. The zero-order valence-corrected chi connectivity index (χ0v) is 9.23. The van der Waals surface area contributed by atoms with Crippen molar-refractivity contribution < 1.29 is 9.53 Å². The molecule has 5 nitrogen and oxygen atoms in total. The van der Waals surface area contributed by atoms with Crippen LogP contribution in [0, 0.1) is 12.3 Å². The minimum atomic E-state index is -1.07. The number of aromatic nitrogens is 2. The number of ether oxygens (including phenoxy) is 1. The van der Waals surface area contributed by atoms with Crippen molar-refractivity contribution in [3.8, 4) is 12.3 Å². The van der Waals surface area contributed by atoms with E-state index < -0.39 is 11.5 Å². The van der Waals surface area contributed by atoms with Gasteiger partial charge in [0.2, 0.25) is 0 Å². The highest BCUT2D eigenvalue weighted by Crippen LogP contribution is 2.18. The van der Waals surface area contributed by atoms with Gasteiger partial charge < -0.3 is 4.74 Å². The van der Waals surface area contributed by atoms with E-state index in [9.17, 15) is 4.79 Å². The molecule has 0 saturated heterocycles. The highest BCUT2D eigenvalue weighted by molar-refractivity contribution is 5.81. The van der Waals surface area contributed by atoms with Crippen molar-refractivity contribution >= 4 is 5.97 Å². The monoisotopic (exact) mass is 219 g/mol. The van der Waals surface area contributed by atoms with Crippen molar-refractivity contribution in [3.05, 3.63) is 24.3 Å². The van der Waals surface area contributed by atoms with Gasteiger partial charge in [0.1, 0.15) is 0 Å². The number of carbonyl (C=O) groups excluding carboxylic acids is 1. The Bertz CT molecular complexity index is 399. The van der Waals surface area contributed by atoms with Crippen LogP contribution in [0.1, 0.15) is 12.6 Å². The molecule has 16 heavy (non-hydrogen) atoms. The van der Waals surface area contributed by atoms with Gasteiger partial charge in [0, 0.05) is 12.4 Å². The summed E-state index contributed by atoms with van der Waals surface area (Å²) in [5.41, 5.74) is -0.604. The van der Waals surface area contributed by atoms with Gasteiger partial charge in [-0.3, -0.25) is 15.3 Å². The molecule has 0 aromatic carbocycles. The highest BCUT2D eigenvalue weighted by atomic mass is 16.5. The molecule has 0 amide bonds. The second-order valence-electron chi connectivity index (χ2n) is 3.26. The smallest absolute Gasteiger partial charge is 0.332 e. The largest absolute Gasteiger partial charge is 0.467 e. The van der Waals surface area contributed by atoms with Gasteiger partial charge in [-0.15, -0.1) is 6.42 Å². The average Bonchev–Trinajstić information content (AvgIpc) is 2.36. The molecule has 0 saturated carbocycles. The molecular formula is C11H13N3O2. The summed E-state index contributed by atoms with van der Waals surface area (Å²) in [4.78, 5) is 19.7. The Kier molecular flexibility index (Phi) is 3.97. The van der Waals surface area contributed by atoms with E-state index in [-0.39, 0.29) is 6.54 Å². The first kappa shape index (κ1) is 12.1. The molecule has 1 unspecified atom stereocenters. The Morgan fingerprint density at radius 2 is 2.44 bits per heavy atom. The summed E-state index contributed by atoms with van der Waals surface area (Å²) in [6, 6.07) is 0. The maximum atomic E-state index is 11.7. The molecule has 0 fully saturated rings. The van der Waals surface area contributed by atoms with Crippen molar-refractivity contribution in [2.24, 2.45) is 0 Å². The maximum absolute atomic E-state index is 11.7. The lowest BCUT2D eigenvalue weighted by atomic mass is 9.98. The third kappa shape index (κ3) is 2.35. The first-order chi connectivity index (χ1) is 7.65. The van der Waals surface area contributed by atoms with Crippen LogP contribution in [0.2, 0.25) is 0 Å². The molecule has 1 N–H and O–H groups in total. The van der Waals surface area contributed by atoms with E-state index >= 15 is 0 Å². The van der Waals surface area contributed by atoms with E-state index in [2.05, 4.69) is 21.2 Å². The van der Waals surface area contributed by atoms with E-state index in [1.54, 1.807) is 6.92 Å². The molecule has 5 heteroatoms. The lowest BCUT2D eigenvalue weighted by molar-refractivity contribution is -0.148. The molecule has 0 spiro atoms. The summed E-state index contributed by atoms with van der Waals surface area (Å²) in [5, 5.41) is 2.90. The van der Waals surface area contributed by atoms with Crippen LogP contribution in [0.4, 0.5) is 0 Å². The molecular weight excluding hydrogens is 206 g/mol. The van der Waals surface area contributed by atoms with Gasteiger partial charge in [-0.1, -0.05) is 5.92 Å². The first-order valence-electron chi connectivity index (χ1n) is 4.68. The number of methoxy groups -OCH3 is 1. The molecule has 1 aromatic heterocycles. The SMILES string of the molecule is C#CCNC(C)(C(=O)OC)c1cnccn1. The molecule has 1 heterocycles. The van der Waals surface area contributed by atoms with Crippen LogP contribution in [-0.2, 0) is 15.1 Å². The molecule has 1 atom stereocenters. The fourth-order valence-corrected chi connectivity index (χ4v) is 1.26. The number of rotatable bonds is 4. The predicted octanol–water partition coefficient (Wildman–Crippen LogP) is 0.0876. The van der Waals surface area contributed by atoms with Crippen molar-refractivity contribution in [2.45, 2.75) is 12.5 Å². The second-order valence-corrected chi connectivity index (χ2v) is 3.26. The van der Waals surface area contributed by atoms with Crippen LogP contribution in [0.5, 0.6) is 0 Å². The standard InChI is InChI=1S/C11H13N3O2/c1-4-5-14-11(2,10(15)16-3)9-8-12-6-7-13-9/h1,6-8,14H,5H2,2-3H3. The Balaban J connectivity index is 3.05. The van der Waals surface area contributed by atoms with Gasteiger partial charge in [-0.05, 0) is 6.92 Å². The number of esters is 1. The van der Waals surface area contributed by atoms with Crippen molar-refractivity contribution in [2.75, 3.05) is 13.7 Å². The van der Waals surface area contributed by atoms with Crippen LogP contribution in [0.3, 0.4) is 0 Å². The van der Waals surface area contributed by atoms with E-state index in [1.807, 2.05) is 0 Å². The van der Waals surface area contributed by atoms with Gasteiger partial charge in [-0.2, -0.15) is 0 Å². The molecule has 0 aliphatic carbocycles. The Hall–Kier alpha value is -1.93. The van der Waals surface area contributed by atoms with E-state index in [1.165, 1.54) is 25.7 Å². The van der Waals surface area contributed by atoms with Crippen LogP contribution in [0.15, 0.2) is 18.6 Å². The van der Waals surface area contributed by atoms with Crippen molar-refractivity contribution in [1.82, 2.24) is 15.3 Å². The quantitative estimate of drug-likeness (QED) is 0.574. The average molecular weight is 219 g/mol. The van der Waals surface area contributed by atoms with E-state index in [4.69, 9.17) is 11.2 Å². The fourth-order valence-electron chi connectivity index (χ4n) is 1.26. The molecule has 84 valence electrons. The topological polar surface area (TPSA) is 64.1 Å². The van der Waals surface area contributed by atoms with Crippen LogP contribution < -0.4 is 5.32 Å². The molecule has 1 rings (SSSR count). The molecule has 0 bridgehead atoms. The van der Waals surface area contributed by atoms with Crippen LogP contribution in [-0.4, -0.2) is 29.6 Å². The number of nitrogens with one attached hydrogen (secondary N) is 1. The Labute approximate surface area is 94.2 Å².